The van der Waals surface area contributed by atoms with Gasteiger partial charge in [0.15, 0.2) is 5.82 Å². The Morgan fingerprint density at radius 3 is 3.00 bits per heavy atom. The van der Waals surface area contributed by atoms with Gasteiger partial charge in [0.2, 0.25) is 5.88 Å². The second-order valence-corrected chi connectivity index (χ2v) is 2.39. The number of aliphatic carboxylic acids is 1. The van der Waals surface area contributed by atoms with Crippen LogP contribution < -0.4 is 15.8 Å². The number of ether oxygens (including phenoxy) is 1. The Morgan fingerprint density at radius 1 is 1.71 bits per heavy atom. The van der Waals surface area contributed by atoms with Gasteiger partial charge >= 0.3 is 5.97 Å². The molecule has 1 aromatic rings. The van der Waals surface area contributed by atoms with Crippen LogP contribution in [0.4, 0.5) is 11.5 Å². The number of methoxy groups -OCH3 is 1. The molecule has 0 atom stereocenters. The molecule has 7 nitrogen and oxygen atoms in total. The van der Waals surface area contributed by atoms with Crippen molar-refractivity contribution in [2.45, 2.75) is 0 Å². The van der Waals surface area contributed by atoms with Crippen LogP contribution >= 0.6 is 0 Å². The molecule has 0 fully saturated rings. The number of nitrogens with zero attached hydrogens (tertiary/aromatic N) is 2. The lowest BCUT2D eigenvalue weighted by atomic mass is 10.4. The average molecular weight is 198 g/mol. The molecule has 0 aliphatic heterocycles. The second-order valence-electron chi connectivity index (χ2n) is 2.39. The Kier molecular flexibility index (Phi) is 3.05. The lowest BCUT2D eigenvalue weighted by molar-refractivity contribution is -0.134. The van der Waals surface area contributed by atoms with Crippen molar-refractivity contribution in [2.24, 2.45) is 0 Å². The summed E-state index contributed by atoms with van der Waals surface area (Å²) < 4.78 is 4.83. The molecule has 7 heteroatoms. The first-order valence-corrected chi connectivity index (χ1v) is 3.75. The topological polar surface area (TPSA) is 110 Å². The summed E-state index contributed by atoms with van der Waals surface area (Å²) in [6, 6.07) is 0. The van der Waals surface area contributed by atoms with Crippen LogP contribution in [-0.4, -0.2) is 34.7 Å². The summed E-state index contributed by atoms with van der Waals surface area (Å²) in [5.74, 6) is -0.533. The van der Waals surface area contributed by atoms with Gasteiger partial charge in [0.1, 0.15) is 18.6 Å². The third-order valence-corrected chi connectivity index (χ3v) is 1.45. The van der Waals surface area contributed by atoms with Crippen molar-refractivity contribution in [3.63, 3.8) is 0 Å². The summed E-state index contributed by atoms with van der Waals surface area (Å²) in [4.78, 5) is 17.8. The average Bonchev–Trinajstić information content (AvgIpc) is 2.16. The van der Waals surface area contributed by atoms with E-state index >= 15 is 0 Å². The monoisotopic (exact) mass is 198 g/mol. The number of anilines is 2. The van der Waals surface area contributed by atoms with Gasteiger partial charge < -0.3 is 20.9 Å². The smallest absolute Gasteiger partial charge is 0.322 e. The fraction of sp³-hybridized carbons (Fsp3) is 0.286. The molecule has 1 aromatic heterocycles. The fourth-order valence-corrected chi connectivity index (χ4v) is 0.842. The lowest BCUT2D eigenvalue weighted by Crippen LogP contribution is -2.15. The maximum atomic E-state index is 10.3. The number of rotatable bonds is 4. The van der Waals surface area contributed by atoms with E-state index in [-0.39, 0.29) is 23.9 Å². The third-order valence-electron chi connectivity index (χ3n) is 1.45. The van der Waals surface area contributed by atoms with Crippen LogP contribution in [0.1, 0.15) is 0 Å². The Labute approximate surface area is 79.9 Å². The zero-order valence-corrected chi connectivity index (χ0v) is 7.52. The highest BCUT2D eigenvalue weighted by atomic mass is 16.5. The molecule has 4 N–H and O–H groups in total. The molecular formula is C7H10N4O3. The molecule has 0 unspecified atom stereocenters. The van der Waals surface area contributed by atoms with Gasteiger partial charge in [-0.15, -0.1) is 0 Å². The predicted octanol–water partition coefficient (Wildman–Crippen LogP) is -0.436. The van der Waals surface area contributed by atoms with E-state index < -0.39 is 5.97 Å². The van der Waals surface area contributed by atoms with E-state index in [9.17, 15) is 4.79 Å². The maximum absolute atomic E-state index is 10.3. The van der Waals surface area contributed by atoms with Crippen LogP contribution in [0.5, 0.6) is 5.88 Å². The molecule has 14 heavy (non-hydrogen) atoms. The molecule has 0 aliphatic rings. The van der Waals surface area contributed by atoms with Crippen molar-refractivity contribution in [1.29, 1.82) is 0 Å². The van der Waals surface area contributed by atoms with E-state index in [2.05, 4.69) is 15.3 Å². The molecule has 0 spiro atoms. The Hall–Kier alpha value is -2.05. The van der Waals surface area contributed by atoms with Crippen LogP contribution in [-0.2, 0) is 4.79 Å². The zero-order valence-electron chi connectivity index (χ0n) is 7.52. The van der Waals surface area contributed by atoms with Crippen molar-refractivity contribution in [2.75, 3.05) is 24.7 Å². The zero-order chi connectivity index (χ0) is 10.6. The van der Waals surface area contributed by atoms with Crippen molar-refractivity contribution in [3.05, 3.63) is 6.33 Å². The molecule has 0 saturated heterocycles. The lowest BCUT2D eigenvalue weighted by Gasteiger charge is -2.07. The molecule has 0 bridgehead atoms. The number of hydrogen-bond acceptors (Lipinski definition) is 6. The van der Waals surface area contributed by atoms with Gasteiger partial charge in [-0.1, -0.05) is 0 Å². The van der Waals surface area contributed by atoms with E-state index in [0.29, 0.717) is 0 Å². The van der Waals surface area contributed by atoms with E-state index in [1.54, 1.807) is 0 Å². The molecule has 0 saturated carbocycles. The number of hydrogen-bond donors (Lipinski definition) is 3. The summed E-state index contributed by atoms with van der Waals surface area (Å²) in [6.45, 7) is -0.260. The summed E-state index contributed by atoms with van der Waals surface area (Å²) in [5, 5.41) is 10.9. The van der Waals surface area contributed by atoms with Crippen LogP contribution in [0.25, 0.3) is 0 Å². The quantitative estimate of drug-likeness (QED) is 0.601. The SMILES string of the molecule is COc1ncnc(NCC(=O)O)c1N. The van der Waals surface area contributed by atoms with Crippen LogP contribution in [0.2, 0.25) is 0 Å². The minimum Gasteiger partial charge on any atom is -0.480 e. The first-order valence-electron chi connectivity index (χ1n) is 3.75. The van der Waals surface area contributed by atoms with Crippen LogP contribution in [0, 0.1) is 0 Å². The first kappa shape index (κ1) is 10.0. The van der Waals surface area contributed by atoms with Gasteiger partial charge in [-0.05, 0) is 0 Å². The Morgan fingerprint density at radius 2 is 2.43 bits per heavy atom. The first-order chi connectivity index (χ1) is 6.65. The number of nitrogens with one attached hydrogen (secondary N) is 1. The predicted molar refractivity (Wildman–Crippen MR) is 49.1 cm³/mol. The number of aromatic nitrogens is 2. The van der Waals surface area contributed by atoms with Gasteiger partial charge in [-0.25, -0.2) is 4.98 Å². The van der Waals surface area contributed by atoms with Crippen molar-refractivity contribution < 1.29 is 14.6 Å². The summed E-state index contributed by atoms with van der Waals surface area (Å²) >= 11 is 0. The summed E-state index contributed by atoms with van der Waals surface area (Å²) in [5.41, 5.74) is 5.77. The third kappa shape index (κ3) is 2.22. The summed E-state index contributed by atoms with van der Waals surface area (Å²) in [6.07, 6.45) is 1.24. The van der Waals surface area contributed by atoms with E-state index in [4.69, 9.17) is 15.6 Å². The Balaban J connectivity index is 2.81. The van der Waals surface area contributed by atoms with E-state index in [0.717, 1.165) is 0 Å². The van der Waals surface area contributed by atoms with Crippen molar-refractivity contribution >= 4 is 17.5 Å². The number of nitrogens with two attached hydrogens (primary N) is 1. The van der Waals surface area contributed by atoms with Crippen molar-refractivity contribution in [1.82, 2.24) is 9.97 Å². The van der Waals surface area contributed by atoms with Crippen molar-refractivity contribution in [3.8, 4) is 5.88 Å². The highest BCUT2D eigenvalue weighted by molar-refractivity contribution is 5.75. The maximum Gasteiger partial charge on any atom is 0.322 e. The molecule has 1 heterocycles. The summed E-state index contributed by atoms with van der Waals surface area (Å²) in [7, 11) is 1.42. The van der Waals surface area contributed by atoms with Gasteiger partial charge in [0.25, 0.3) is 0 Å². The second kappa shape index (κ2) is 4.26. The van der Waals surface area contributed by atoms with E-state index in [1.807, 2.05) is 0 Å². The highest BCUT2D eigenvalue weighted by Crippen LogP contribution is 2.23. The standard InChI is InChI=1S/C7H10N4O3/c1-14-7-5(8)6(10-3-11-7)9-2-4(12)13/h3H,2,8H2,1H3,(H,12,13)(H,9,10,11). The fourth-order valence-electron chi connectivity index (χ4n) is 0.842. The minimum absolute atomic E-state index is 0.191. The highest BCUT2D eigenvalue weighted by Gasteiger charge is 2.08. The van der Waals surface area contributed by atoms with Gasteiger partial charge in [0, 0.05) is 0 Å². The van der Waals surface area contributed by atoms with Crippen LogP contribution in [0.15, 0.2) is 6.33 Å². The van der Waals surface area contributed by atoms with Gasteiger partial charge in [0.05, 0.1) is 7.11 Å². The normalized spacial score (nSPS) is 9.50. The van der Waals surface area contributed by atoms with Gasteiger partial charge in [-0.3, -0.25) is 4.79 Å². The molecular weight excluding hydrogens is 188 g/mol. The molecule has 0 amide bonds. The number of carboxylic acid groups (broad SMARTS) is 1. The molecule has 1 rings (SSSR count). The number of carboxylic acids is 1. The minimum atomic E-state index is -0.998. The van der Waals surface area contributed by atoms with E-state index in [1.165, 1.54) is 13.4 Å². The molecule has 0 aromatic carbocycles. The molecule has 0 aliphatic carbocycles. The Bertz CT molecular complexity index is 342. The van der Waals surface area contributed by atoms with Crippen LogP contribution in [0.3, 0.4) is 0 Å². The molecule has 0 radical (unpaired) electrons. The number of nitrogen functional groups attached to an aromatic ring is 1. The largest absolute Gasteiger partial charge is 0.480 e. The molecule has 76 valence electrons. The van der Waals surface area contributed by atoms with Gasteiger partial charge in [-0.2, -0.15) is 4.98 Å². The number of carbonyl (C=O) groups is 1.